The maximum atomic E-state index is 12.1. The summed E-state index contributed by atoms with van der Waals surface area (Å²) in [7, 11) is 0. The van der Waals surface area contributed by atoms with Crippen molar-refractivity contribution in [3.8, 4) is 0 Å². The average Bonchev–Trinajstić information content (AvgIpc) is 2.39. The normalized spacial score (nSPS) is 16.1. The molecule has 0 bridgehead atoms. The SMILES string of the molecule is Cc1ccc(C(C)NC(=O)C2=NNC(=O)CC2)c(C)c1. The van der Waals surface area contributed by atoms with Crippen molar-refractivity contribution in [1.29, 1.82) is 0 Å². The zero-order valence-electron chi connectivity index (χ0n) is 12.0. The van der Waals surface area contributed by atoms with Crippen LogP contribution in [0.5, 0.6) is 0 Å². The van der Waals surface area contributed by atoms with Crippen LogP contribution in [0.1, 0.15) is 42.5 Å². The van der Waals surface area contributed by atoms with Crippen LogP contribution in [-0.4, -0.2) is 17.5 Å². The van der Waals surface area contributed by atoms with E-state index < -0.39 is 0 Å². The quantitative estimate of drug-likeness (QED) is 0.880. The summed E-state index contributed by atoms with van der Waals surface area (Å²) in [5, 5.41) is 6.72. The molecule has 0 spiro atoms. The summed E-state index contributed by atoms with van der Waals surface area (Å²) in [6, 6.07) is 6.06. The van der Waals surface area contributed by atoms with E-state index in [0.29, 0.717) is 18.6 Å². The first-order valence-electron chi connectivity index (χ1n) is 6.71. The van der Waals surface area contributed by atoms with Crippen LogP contribution in [0, 0.1) is 13.8 Å². The minimum Gasteiger partial charge on any atom is -0.344 e. The highest BCUT2D eigenvalue weighted by Gasteiger charge is 2.20. The Labute approximate surface area is 118 Å². The van der Waals surface area contributed by atoms with Gasteiger partial charge in [-0.1, -0.05) is 23.8 Å². The predicted octanol–water partition coefficient (Wildman–Crippen LogP) is 1.75. The Morgan fingerprint density at radius 1 is 1.35 bits per heavy atom. The molecule has 5 nitrogen and oxygen atoms in total. The molecule has 1 aliphatic rings. The lowest BCUT2D eigenvalue weighted by atomic mass is 10.00. The van der Waals surface area contributed by atoms with Crippen molar-refractivity contribution in [3.63, 3.8) is 0 Å². The van der Waals surface area contributed by atoms with Crippen molar-refractivity contribution in [2.24, 2.45) is 5.10 Å². The van der Waals surface area contributed by atoms with Gasteiger partial charge in [0.05, 0.1) is 6.04 Å². The van der Waals surface area contributed by atoms with E-state index >= 15 is 0 Å². The van der Waals surface area contributed by atoms with Crippen LogP contribution in [0.3, 0.4) is 0 Å². The number of nitrogens with one attached hydrogen (secondary N) is 2. The lowest BCUT2D eigenvalue weighted by molar-refractivity contribution is -0.121. The maximum absolute atomic E-state index is 12.1. The van der Waals surface area contributed by atoms with Crippen molar-refractivity contribution in [1.82, 2.24) is 10.7 Å². The van der Waals surface area contributed by atoms with E-state index in [9.17, 15) is 9.59 Å². The van der Waals surface area contributed by atoms with Crippen LogP contribution in [0.15, 0.2) is 23.3 Å². The first-order valence-corrected chi connectivity index (χ1v) is 6.71. The lowest BCUT2D eigenvalue weighted by Gasteiger charge is -2.18. The fourth-order valence-corrected chi connectivity index (χ4v) is 2.31. The number of hydrazone groups is 1. The van der Waals surface area contributed by atoms with Crippen molar-refractivity contribution in [2.45, 2.75) is 39.7 Å². The number of carbonyl (C=O) groups is 2. The molecule has 0 aliphatic carbocycles. The molecular formula is C15H19N3O2. The van der Waals surface area contributed by atoms with Crippen LogP contribution in [0.25, 0.3) is 0 Å². The third kappa shape index (κ3) is 3.23. The molecule has 5 heteroatoms. The molecule has 1 aromatic rings. The second-order valence-corrected chi connectivity index (χ2v) is 5.15. The summed E-state index contributed by atoms with van der Waals surface area (Å²) >= 11 is 0. The van der Waals surface area contributed by atoms with Gasteiger partial charge in [-0.05, 0) is 31.9 Å². The van der Waals surface area contributed by atoms with Crippen molar-refractivity contribution >= 4 is 17.5 Å². The molecule has 20 heavy (non-hydrogen) atoms. The lowest BCUT2D eigenvalue weighted by Crippen LogP contribution is -2.38. The van der Waals surface area contributed by atoms with Gasteiger partial charge in [0.15, 0.2) is 0 Å². The molecular weight excluding hydrogens is 254 g/mol. The third-order valence-electron chi connectivity index (χ3n) is 3.41. The Bertz CT molecular complexity index is 578. The Balaban J connectivity index is 2.05. The molecule has 0 fully saturated rings. The fourth-order valence-electron chi connectivity index (χ4n) is 2.31. The summed E-state index contributed by atoms with van der Waals surface area (Å²) in [5.41, 5.74) is 6.14. The zero-order chi connectivity index (χ0) is 14.7. The summed E-state index contributed by atoms with van der Waals surface area (Å²) in [6.07, 6.45) is 0.696. The first kappa shape index (κ1) is 14.2. The van der Waals surface area contributed by atoms with Gasteiger partial charge in [-0.25, -0.2) is 5.43 Å². The van der Waals surface area contributed by atoms with Gasteiger partial charge in [-0.15, -0.1) is 0 Å². The van der Waals surface area contributed by atoms with Gasteiger partial charge in [0.1, 0.15) is 5.71 Å². The topological polar surface area (TPSA) is 70.6 Å². The van der Waals surface area contributed by atoms with Gasteiger partial charge in [0.2, 0.25) is 5.91 Å². The molecule has 2 rings (SSSR count). The fraction of sp³-hybridized carbons (Fsp3) is 0.400. The van der Waals surface area contributed by atoms with Crippen molar-refractivity contribution < 1.29 is 9.59 Å². The summed E-state index contributed by atoms with van der Waals surface area (Å²) < 4.78 is 0. The molecule has 0 radical (unpaired) electrons. The molecule has 1 heterocycles. The second kappa shape index (κ2) is 5.86. The summed E-state index contributed by atoms with van der Waals surface area (Å²) in [6.45, 7) is 6.01. The largest absolute Gasteiger partial charge is 0.344 e. The highest BCUT2D eigenvalue weighted by Crippen LogP contribution is 2.18. The van der Waals surface area contributed by atoms with Crippen LogP contribution in [0.2, 0.25) is 0 Å². The number of hydrogen-bond donors (Lipinski definition) is 2. The number of carbonyl (C=O) groups excluding carboxylic acids is 2. The molecule has 2 amide bonds. The second-order valence-electron chi connectivity index (χ2n) is 5.15. The van der Waals surface area contributed by atoms with Gasteiger partial charge in [0.25, 0.3) is 5.91 Å². The summed E-state index contributed by atoms with van der Waals surface area (Å²) in [5.74, 6) is -0.374. The predicted molar refractivity (Wildman–Crippen MR) is 77.3 cm³/mol. The standard InChI is InChI=1S/C15H19N3O2/c1-9-4-5-12(10(2)8-9)11(3)16-15(20)13-6-7-14(19)18-17-13/h4-5,8,11H,6-7H2,1-3H3,(H,16,20)(H,18,19). The van der Waals surface area contributed by atoms with E-state index in [-0.39, 0.29) is 17.9 Å². The molecule has 1 unspecified atom stereocenters. The molecule has 106 valence electrons. The van der Waals surface area contributed by atoms with E-state index in [1.807, 2.05) is 32.9 Å². The van der Waals surface area contributed by atoms with Gasteiger partial charge in [0, 0.05) is 12.8 Å². The highest BCUT2D eigenvalue weighted by molar-refractivity contribution is 6.39. The van der Waals surface area contributed by atoms with E-state index in [2.05, 4.69) is 21.9 Å². The minimum atomic E-state index is -0.225. The molecule has 1 aromatic carbocycles. The number of hydrogen-bond acceptors (Lipinski definition) is 3. The van der Waals surface area contributed by atoms with Gasteiger partial charge >= 0.3 is 0 Å². The minimum absolute atomic E-state index is 0.0940. The van der Waals surface area contributed by atoms with Crippen molar-refractivity contribution in [2.75, 3.05) is 0 Å². The van der Waals surface area contributed by atoms with Crippen LogP contribution >= 0.6 is 0 Å². The number of benzene rings is 1. The van der Waals surface area contributed by atoms with E-state index in [4.69, 9.17) is 0 Å². The molecule has 1 atom stereocenters. The number of rotatable bonds is 3. The summed E-state index contributed by atoms with van der Waals surface area (Å²) in [4.78, 5) is 23.1. The Hall–Kier alpha value is -2.17. The molecule has 0 saturated heterocycles. The zero-order valence-corrected chi connectivity index (χ0v) is 12.0. The van der Waals surface area contributed by atoms with Crippen LogP contribution in [-0.2, 0) is 9.59 Å². The number of nitrogens with zero attached hydrogens (tertiary/aromatic N) is 1. The molecule has 2 N–H and O–H groups in total. The first-order chi connectivity index (χ1) is 9.47. The van der Waals surface area contributed by atoms with Crippen molar-refractivity contribution in [3.05, 3.63) is 34.9 Å². The molecule has 0 aromatic heterocycles. The Morgan fingerprint density at radius 3 is 2.70 bits per heavy atom. The monoisotopic (exact) mass is 273 g/mol. The average molecular weight is 273 g/mol. The highest BCUT2D eigenvalue weighted by atomic mass is 16.2. The number of amides is 2. The maximum Gasteiger partial charge on any atom is 0.267 e. The van der Waals surface area contributed by atoms with Gasteiger partial charge in [-0.2, -0.15) is 5.10 Å². The Kier molecular flexibility index (Phi) is 4.17. The number of aryl methyl sites for hydroxylation is 2. The Morgan fingerprint density at radius 2 is 2.10 bits per heavy atom. The molecule has 1 aliphatic heterocycles. The third-order valence-corrected chi connectivity index (χ3v) is 3.41. The smallest absolute Gasteiger partial charge is 0.267 e. The molecule has 0 saturated carbocycles. The van der Waals surface area contributed by atoms with Gasteiger partial charge in [-0.3, -0.25) is 9.59 Å². The van der Waals surface area contributed by atoms with Crippen LogP contribution < -0.4 is 10.7 Å². The van der Waals surface area contributed by atoms with E-state index in [0.717, 1.165) is 11.1 Å². The van der Waals surface area contributed by atoms with E-state index in [1.54, 1.807) is 0 Å². The van der Waals surface area contributed by atoms with Crippen LogP contribution in [0.4, 0.5) is 0 Å². The van der Waals surface area contributed by atoms with Gasteiger partial charge < -0.3 is 5.32 Å². The van der Waals surface area contributed by atoms with E-state index in [1.165, 1.54) is 5.56 Å².